The summed E-state index contributed by atoms with van der Waals surface area (Å²) in [6.07, 6.45) is 11.9. The maximum absolute atomic E-state index is 2.44. The lowest BCUT2D eigenvalue weighted by molar-refractivity contribution is 0.559. The quantitative estimate of drug-likeness (QED) is 0.363. The average Bonchev–Trinajstić information content (AvgIpc) is 2.13. The van der Waals surface area contributed by atoms with Gasteiger partial charge in [-0.2, -0.15) is 0 Å². The highest BCUT2D eigenvalue weighted by molar-refractivity contribution is 4.97. The van der Waals surface area contributed by atoms with Crippen LogP contribution in [0.2, 0.25) is 0 Å². The summed E-state index contributed by atoms with van der Waals surface area (Å²) in [5, 5.41) is 0. The van der Waals surface area contributed by atoms with Gasteiger partial charge in [-0.3, -0.25) is 0 Å². The van der Waals surface area contributed by atoms with Crippen LogP contribution < -0.4 is 0 Å². The molecule has 0 bridgehead atoms. The van der Waals surface area contributed by atoms with Gasteiger partial charge in [0.05, 0.1) is 0 Å². The van der Waals surface area contributed by atoms with E-state index in [4.69, 9.17) is 0 Å². The van der Waals surface area contributed by atoms with Gasteiger partial charge >= 0.3 is 0 Å². The molecule has 0 aromatic heterocycles. The minimum atomic E-state index is 0.865. The first-order valence-corrected chi connectivity index (χ1v) is 6.32. The molecule has 0 radical (unpaired) electrons. The molecule has 0 atom stereocenters. The Kier molecular flexibility index (Phi) is 9.13. The van der Waals surface area contributed by atoms with E-state index in [0.29, 0.717) is 0 Å². The van der Waals surface area contributed by atoms with E-state index < -0.39 is 0 Å². The SMILES string of the molecule is CCCCCC(C)=CCCCC(C)C. The second kappa shape index (κ2) is 9.30. The molecule has 0 aromatic carbocycles. The topological polar surface area (TPSA) is 0 Å². The van der Waals surface area contributed by atoms with E-state index in [0.717, 1.165) is 5.92 Å². The van der Waals surface area contributed by atoms with E-state index in [1.165, 1.54) is 44.9 Å². The van der Waals surface area contributed by atoms with E-state index in [2.05, 4.69) is 33.8 Å². The number of allylic oxidation sites excluding steroid dienone is 2. The molecular formula is C14H28. The number of rotatable bonds is 8. The second-order valence-corrected chi connectivity index (χ2v) is 4.83. The monoisotopic (exact) mass is 196 g/mol. The molecule has 0 heteroatoms. The smallest absolute Gasteiger partial charge is 0.0323 e. The first-order valence-electron chi connectivity index (χ1n) is 6.32. The maximum Gasteiger partial charge on any atom is -0.0323 e. The summed E-state index contributed by atoms with van der Waals surface area (Å²) in [5.74, 6) is 0.865. The van der Waals surface area contributed by atoms with Crippen molar-refractivity contribution in [1.29, 1.82) is 0 Å². The Labute approximate surface area is 90.8 Å². The van der Waals surface area contributed by atoms with Crippen molar-refractivity contribution in [3.8, 4) is 0 Å². The van der Waals surface area contributed by atoms with Gasteiger partial charge in [0.15, 0.2) is 0 Å². The lowest BCUT2D eigenvalue weighted by Gasteiger charge is -2.03. The van der Waals surface area contributed by atoms with Crippen LogP contribution in [0.3, 0.4) is 0 Å². The van der Waals surface area contributed by atoms with Gasteiger partial charge < -0.3 is 0 Å². The third-order valence-electron chi connectivity index (χ3n) is 2.65. The molecule has 0 aliphatic carbocycles. The molecular weight excluding hydrogens is 168 g/mol. The van der Waals surface area contributed by atoms with E-state index in [9.17, 15) is 0 Å². The van der Waals surface area contributed by atoms with Crippen molar-refractivity contribution < 1.29 is 0 Å². The largest absolute Gasteiger partial charge is 0.0856 e. The molecule has 0 nitrogen and oxygen atoms in total. The number of hydrogen-bond acceptors (Lipinski definition) is 0. The zero-order valence-electron chi connectivity index (χ0n) is 10.6. The van der Waals surface area contributed by atoms with Gasteiger partial charge in [-0.05, 0) is 38.5 Å². The zero-order valence-corrected chi connectivity index (χ0v) is 10.6. The molecule has 0 amide bonds. The molecule has 0 aromatic rings. The Morgan fingerprint density at radius 3 is 2.43 bits per heavy atom. The lowest BCUT2D eigenvalue weighted by Crippen LogP contribution is -1.86. The van der Waals surface area contributed by atoms with Gasteiger partial charge in [-0.1, -0.05) is 51.7 Å². The Hall–Kier alpha value is -0.260. The summed E-state index contributed by atoms with van der Waals surface area (Å²) >= 11 is 0. The van der Waals surface area contributed by atoms with Crippen LogP contribution in [-0.2, 0) is 0 Å². The minimum absolute atomic E-state index is 0.865. The third-order valence-corrected chi connectivity index (χ3v) is 2.65. The van der Waals surface area contributed by atoms with E-state index in [-0.39, 0.29) is 0 Å². The van der Waals surface area contributed by atoms with Crippen molar-refractivity contribution in [3.63, 3.8) is 0 Å². The molecule has 14 heavy (non-hydrogen) atoms. The summed E-state index contributed by atoms with van der Waals surface area (Å²) < 4.78 is 0. The van der Waals surface area contributed by atoms with Crippen LogP contribution in [0.25, 0.3) is 0 Å². The Bertz CT molecular complexity index is 142. The van der Waals surface area contributed by atoms with Crippen LogP contribution in [0.15, 0.2) is 11.6 Å². The maximum atomic E-state index is 2.44. The van der Waals surface area contributed by atoms with Gasteiger partial charge in [0.1, 0.15) is 0 Å². The summed E-state index contributed by atoms with van der Waals surface area (Å²) in [6, 6.07) is 0. The van der Waals surface area contributed by atoms with Crippen LogP contribution in [0.1, 0.15) is 72.6 Å². The average molecular weight is 196 g/mol. The van der Waals surface area contributed by atoms with Crippen LogP contribution in [-0.4, -0.2) is 0 Å². The molecule has 0 rings (SSSR count). The fourth-order valence-electron chi connectivity index (χ4n) is 1.63. The molecule has 0 saturated heterocycles. The molecule has 0 N–H and O–H groups in total. The zero-order chi connectivity index (χ0) is 10.8. The van der Waals surface area contributed by atoms with E-state index in [1.54, 1.807) is 5.57 Å². The fourth-order valence-corrected chi connectivity index (χ4v) is 1.63. The van der Waals surface area contributed by atoms with Crippen molar-refractivity contribution >= 4 is 0 Å². The summed E-state index contributed by atoms with van der Waals surface area (Å²) in [6.45, 7) is 9.16. The van der Waals surface area contributed by atoms with Crippen molar-refractivity contribution in [2.75, 3.05) is 0 Å². The Balaban J connectivity index is 3.36. The van der Waals surface area contributed by atoms with Gasteiger partial charge in [-0.15, -0.1) is 0 Å². The first kappa shape index (κ1) is 13.7. The molecule has 0 aliphatic rings. The number of hydrogen-bond donors (Lipinski definition) is 0. The summed E-state index contributed by atoms with van der Waals surface area (Å²) in [7, 11) is 0. The standard InChI is InChI=1S/C14H28/c1-5-6-7-11-14(4)12-9-8-10-13(2)3/h12-13H,5-11H2,1-4H3. The van der Waals surface area contributed by atoms with Crippen LogP contribution in [0.4, 0.5) is 0 Å². The normalized spacial score (nSPS) is 12.5. The summed E-state index contributed by atoms with van der Waals surface area (Å²) in [5.41, 5.74) is 1.60. The van der Waals surface area contributed by atoms with E-state index >= 15 is 0 Å². The Morgan fingerprint density at radius 2 is 1.86 bits per heavy atom. The number of unbranched alkanes of at least 4 members (excludes halogenated alkanes) is 3. The fraction of sp³-hybridized carbons (Fsp3) is 0.857. The highest BCUT2D eigenvalue weighted by Gasteiger charge is 1.93. The molecule has 0 spiro atoms. The molecule has 0 saturated carbocycles. The third kappa shape index (κ3) is 9.83. The van der Waals surface area contributed by atoms with Crippen LogP contribution in [0.5, 0.6) is 0 Å². The van der Waals surface area contributed by atoms with Crippen LogP contribution >= 0.6 is 0 Å². The van der Waals surface area contributed by atoms with Crippen molar-refractivity contribution in [3.05, 3.63) is 11.6 Å². The molecule has 0 heterocycles. The van der Waals surface area contributed by atoms with Gasteiger partial charge in [-0.25, -0.2) is 0 Å². The van der Waals surface area contributed by atoms with Crippen molar-refractivity contribution in [2.45, 2.75) is 72.6 Å². The molecule has 0 unspecified atom stereocenters. The minimum Gasteiger partial charge on any atom is -0.0856 e. The van der Waals surface area contributed by atoms with Gasteiger partial charge in [0, 0.05) is 0 Å². The molecule has 84 valence electrons. The van der Waals surface area contributed by atoms with Gasteiger partial charge in [0.25, 0.3) is 0 Å². The van der Waals surface area contributed by atoms with E-state index in [1.807, 2.05) is 0 Å². The lowest BCUT2D eigenvalue weighted by atomic mass is 10.0. The highest BCUT2D eigenvalue weighted by Crippen LogP contribution is 2.12. The first-order chi connectivity index (χ1) is 6.66. The van der Waals surface area contributed by atoms with Gasteiger partial charge in [0.2, 0.25) is 0 Å². The predicted molar refractivity (Wildman–Crippen MR) is 66.6 cm³/mol. The molecule has 0 aliphatic heterocycles. The van der Waals surface area contributed by atoms with Crippen molar-refractivity contribution in [2.24, 2.45) is 5.92 Å². The van der Waals surface area contributed by atoms with Crippen LogP contribution in [0, 0.1) is 5.92 Å². The molecule has 0 fully saturated rings. The predicted octanol–water partition coefficient (Wildman–Crippen LogP) is 5.34. The van der Waals surface area contributed by atoms with Crippen molar-refractivity contribution in [1.82, 2.24) is 0 Å². The highest BCUT2D eigenvalue weighted by atomic mass is 14.0. The summed E-state index contributed by atoms with van der Waals surface area (Å²) in [4.78, 5) is 0. The second-order valence-electron chi connectivity index (χ2n) is 4.83. The Morgan fingerprint density at radius 1 is 1.14 bits per heavy atom.